The first kappa shape index (κ1) is 19.8. The van der Waals surface area contributed by atoms with Crippen molar-refractivity contribution in [1.82, 2.24) is 15.1 Å². The van der Waals surface area contributed by atoms with Crippen LogP contribution in [0.25, 0.3) is 0 Å². The number of hydrogen-bond acceptors (Lipinski definition) is 4. The molecule has 6 heteroatoms. The Bertz CT molecular complexity index is 1020. The number of benzene rings is 2. The molecule has 2 aromatic carbocycles. The maximum Gasteiger partial charge on any atom is 0.255 e. The van der Waals surface area contributed by atoms with Crippen LogP contribution in [0.15, 0.2) is 65.9 Å². The van der Waals surface area contributed by atoms with Crippen molar-refractivity contribution in [1.29, 1.82) is 0 Å². The molecule has 2 amide bonds. The fourth-order valence-electron chi connectivity index (χ4n) is 4.96. The zero-order chi connectivity index (χ0) is 21.4. The molecule has 3 aliphatic rings. The number of aryl methyl sites for hydroxylation is 1. The lowest BCUT2D eigenvalue weighted by Gasteiger charge is -2.42. The van der Waals surface area contributed by atoms with Gasteiger partial charge in [-0.2, -0.15) is 0 Å². The summed E-state index contributed by atoms with van der Waals surface area (Å²) in [5, 5.41) is 2.98. The molecule has 5 rings (SSSR count). The maximum absolute atomic E-state index is 13.5. The summed E-state index contributed by atoms with van der Waals surface area (Å²) in [6.45, 7) is 3.87. The lowest BCUT2D eigenvalue weighted by Crippen LogP contribution is -2.56. The van der Waals surface area contributed by atoms with Gasteiger partial charge in [0.1, 0.15) is 6.17 Å². The van der Waals surface area contributed by atoms with Crippen molar-refractivity contribution in [3.63, 3.8) is 0 Å². The summed E-state index contributed by atoms with van der Waals surface area (Å²) < 4.78 is 5.62. The molecule has 2 unspecified atom stereocenters. The Balaban J connectivity index is 1.49. The van der Waals surface area contributed by atoms with Crippen molar-refractivity contribution in [3.05, 3.63) is 82.6 Å². The third-order valence-corrected chi connectivity index (χ3v) is 6.57. The molecule has 160 valence electrons. The summed E-state index contributed by atoms with van der Waals surface area (Å²) in [4.78, 5) is 30.0. The Hall–Kier alpha value is -3.12. The van der Waals surface area contributed by atoms with Gasteiger partial charge in [-0.1, -0.05) is 48.0 Å². The predicted octanol–water partition coefficient (Wildman–Crippen LogP) is 2.70. The van der Waals surface area contributed by atoms with Crippen LogP contribution in [0.4, 0.5) is 0 Å². The van der Waals surface area contributed by atoms with E-state index in [2.05, 4.69) is 34.5 Å². The average Bonchev–Trinajstić information content (AvgIpc) is 3.43. The van der Waals surface area contributed by atoms with Crippen LogP contribution in [-0.4, -0.2) is 54.2 Å². The van der Waals surface area contributed by atoms with Gasteiger partial charge < -0.3 is 19.9 Å². The third kappa shape index (κ3) is 3.72. The number of nitrogens with one attached hydrogen (secondary N) is 1. The van der Waals surface area contributed by atoms with E-state index in [1.807, 2.05) is 42.2 Å². The highest BCUT2D eigenvalue weighted by molar-refractivity contribution is 5.96. The Morgan fingerprint density at radius 3 is 2.65 bits per heavy atom. The lowest BCUT2D eigenvalue weighted by molar-refractivity contribution is -0.119. The Morgan fingerprint density at radius 1 is 1.10 bits per heavy atom. The van der Waals surface area contributed by atoms with E-state index in [0.717, 1.165) is 24.1 Å². The Kier molecular flexibility index (Phi) is 5.24. The molecule has 2 aromatic rings. The zero-order valence-corrected chi connectivity index (χ0v) is 17.7. The lowest BCUT2D eigenvalue weighted by atomic mass is 9.94. The highest BCUT2D eigenvalue weighted by Gasteiger charge is 2.44. The normalized spacial score (nSPS) is 23.2. The largest absolute Gasteiger partial charge is 0.370 e. The number of nitrogens with zero attached hydrogens (tertiary/aromatic N) is 2. The monoisotopic (exact) mass is 417 g/mol. The second kappa shape index (κ2) is 8.19. The molecule has 0 radical (unpaired) electrons. The molecule has 1 fully saturated rings. The molecular weight excluding hydrogens is 390 g/mol. The Morgan fingerprint density at radius 2 is 1.87 bits per heavy atom. The van der Waals surface area contributed by atoms with E-state index in [1.54, 1.807) is 0 Å². The molecule has 0 bridgehead atoms. The van der Waals surface area contributed by atoms with Gasteiger partial charge in [-0.15, -0.1) is 0 Å². The average molecular weight is 418 g/mol. The topological polar surface area (TPSA) is 61.9 Å². The molecule has 0 spiro atoms. The van der Waals surface area contributed by atoms with Gasteiger partial charge in [0.05, 0.1) is 31.2 Å². The first-order valence-electron chi connectivity index (χ1n) is 10.9. The van der Waals surface area contributed by atoms with Gasteiger partial charge in [0.2, 0.25) is 0 Å². The van der Waals surface area contributed by atoms with Gasteiger partial charge >= 0.3 is 0 Å². The molecule has 3 heterocycles. The van der Waals surface area contributed by atoms with Crippen molar-refractivity contribution in [2.75, 3.05) is 26.4 Å². The van der Waals surface area contributed by atoms with Crippen molar-refractivity contribution in [2.45, 2.75) is 25.9 Å². The standard InChI is InChI=1S/C25H27N3O3/c1-17-7-9-19(10-8-17)25(30)27-12-11-20(13-18-5-3-2-4-6-18)24(27)28-16-26-23(29)21-14-31-15-22(21)28/h2-10,20,24H,11-16H2,1H3,(H,26,29). The van der Waals surface area contributed by atoms with Gasteiger partial charge in [-0.3, -0.25) is 9.59 Å². The fourth-order valence-corrected chi connectivity index (χ4v) is 4.96. The quantitative estimate of drug-likeness (QED) is 0.831. The van der Waals surface area contributed by atoms with E-state index in [0.29, 0.717) is 37.6 Å². The number of carbonyl (C=O) groups excluding carboxylic acids is 2. The molecule has 0 saturated carbocycles. The summed E-state index contributed by atoms with van der Waals surface area (Å²) in [5.41, 5.74) is 4.72. The van der Waals surface area contributed by atoms with Crippen molar-refractivity contribution in [2.24, 2.45) is 5.92 Å². The minimum absolute atomic E-state index is 0.0403. The minimum atomic E-state index is -0.124. The summed E-state index contributed by atoms with van der Waals surface area (Å²) in [7, 11) is 0. The van der Waals surface area contributed by atoms with Crippen LogP contribution >= 0.6 is 0 Å². The highest BCUT2D eigenvalue weighted by atomic mass is 16.5. The molecule has 0 aromatic heterocycles. The van der Waals surface area contributed by atoms with E-state index < -0.39 is 0 Å². The molecule has 1 N–H and O–H groups in total. The number of amides is 2. The molecule has 3 aliphatic heterocycles. The van der Waals surface area contributed by atoms with Crippen molar-refractivity contribution >= 4 is 11.8 Å². The second-order valence-corrected chi connectivity index (χ2v) is 8.57. The summed E-state index contributed by atoms with van der Waals surface area (Å²) in [6, 6.07) is 18.2. The number of likely N-dealkylation sites (tertiary alicyclic amines) is 1. The van der Waals surface area contributed by atoms with Gasteiger partial charge in [0, 0.05) is 18.0 Å². The number of carbonyl (C=O) groups is 2. The fraction of sp³-hybridized carbons (Fsp3) is 0.360. The van der Waals surface area contributed by atoms with E-state index in [4.69, 9.17) is 4.74 Å². The van der Waals surface area contributed by atoms with Crippen molar-refractivity contribution < 1.29 is 14.3 Å². The third-order valence-electron chi connectivity index (χ3n) is 6.57. The van der Waals surface area contributed by atoms with Crippen LogP contribution in [0.5, 0.6) is 0 Å². The first-order chi connectivity index (χ1) is 15.1. The summed E-state index contributed by atoms with van der Waals surface area (Å²) >= 11 is 0. The molecular formula is C25H27N3O3. The molecule has 2 atom stereocenters. The van der Waals surface area contributed by atoms with E-state index in [9.17, 15) is 9.59 Å². The van der Waals surface area contributed by atoms with Gasteiger partial charge in [-0.25, -0.2) is 0 Å². The van der Waals surface area contributed by atoms with Gasteiger partial charge in [0.15, 0.2) is 0 Å². The van der Waals surface area contributed by atoms with E-state index >= 15 is 0 Å². The first-order valence-corrected chi connectivity index (χ1v) is 10.9. The Labute approximate surface area is 182 Å². The summed E-state index contributed by atoms with van der Waals surface area (Å²) in [6.07, 6.45) is 1.68. The smallest absolute Gasteiger partial charge is 0.255 e. The zero-order valence-electron chi connectivity index (χ0n) is 17.7. The summed E-state index contributed by atoms with van der Waals surface area (Å²) in [5.74, 6) is 0.248. The van der Waals surface area contributed by atoms with E-state index in [1.165, 1.54) is 5.56 Å². The molecule has 0 aliphatic carbocycles. The van der Waals surface area contributed by atoms with Crippen LogP contribution in [0.1, 0.15) is 27.9 Å². The van der Waals surface area contributed by atoms with Crippen LogP contribution < -0.4 is 5.32 Å². The highest BCUT2D eigenvalue weighted by Crippen LogP contribution is 2.36. The molecule has 31 heavy (non-hydrogen) atoms. The van der Waals surface area contributed by atoms with Crippen molar-refractivity contribution in [3.8, 4) is 0 Å². The van der Waals surface area contributed by atoms with Gasteiger partial charge in [0.25, 0.3) is 11.8 Å². The SMILES string of the molecule is Cc1ccc(C(=O)N2CCC(Cc3ccccc3)C2N2CNC(=O)C3=C2COC3)cc1. The van der Waals surface area contributed by atoms with Gasteiger partial charge in [-0.05, 0) is 37.5 Å². The van der Waals surface area contributed by atoms with Crippen LogP contribution in [0.2, 0.25) is 0 Å². The number of hydrogen-bond donors (Lipinski definition) is 1. The minimum Gasteiger partial charge on any atom is -0.370 e. The number of rotatable bonds is 4. The molecule has 6 nitrogen and oxygen atoms in total. The van der Waals surface area contributed by atoms with Crippen LogP contribution in [0, 0.1) is 12.8 Å². The molecule has 1 saturated heterocycles. The van der Waals surface area contributed by atoms with E-state index in [-0.39, 0.29) is 23.9 Å². The number of ether oxygens (including phenoxy) is 1. The van der Waals surface area contributed by atoms with Crippen LogP contribution in [0.3, 0.4) is 0 Å². The van der Waals surface area contributed by atoms with Crippen LogP contribution in [-0.2, 0) is 16.0 Å². The maximum atomic E-state index is 13.5. The predicted molar refractivity (Wildman–Crippen MR) is 117 cm³/mol. The second-order valence-electron chi connectivity index (χ2n) is 8.57.